The number of aryl methyl sites for hydroxylation is 1. The number of phenolic OH excluding ortho intramolecular Hbond substituents is 1. The van der Waals surface area contributed by atoms with Crippen LogP contribution in [0.4, 0.5) is 0 Å². The molecule has 0 bridgehead atoms. The summed E-state index contributed by atoms with van der Waals surface area (Å²) in [5.74, 6) is -0.891. The molecule has 2 N–H and O–H groups in total. The zero-order valence-corrected chi connectivity index (χ0v) is 10.4. The van der Waals surface area contributed by atoms with Crippen LogP contribution in [0.2, 0.25) is 5.02 Å². The van der Waals surface area contributed by atoms with Gasteiger partial charge in [-0.05, 0) is 41.8 Å². The smallest absolute Gasteiger partial charge is 0.337 e. The Hall–Kier alpha value is -2.00. The minimum Gasteiger partial charge on any atom is -0.508 e. The van der Waals surface area contributed by atoms with E-state index in [9.17, 15) is 9.90 Å². The summed E-state index contributed by atoms with van der Waals surface area (Å²) in [7, 11) is 0. The number of carboxylic acids is 1. The molecular weight excluding hydrogens is 252 g/mol. The normalized spacial score (nSPS) is 10.3. The number of rotatable bonds is 2. The highest BCUT2D eigenvalue weighted by Gasteiger charge is 2.10. The molecule has 3 nitrogen and oxygen atoms in total. The van der Waals surface area contributed by atoms with E-state index in [4.69, 9.17) is 16.7 Å². The molecule has 0 radical (unpaired) electrons. The molecule has 0 saturated heterocycles. The first-order valence-electron chi connectivity index (χ1n) is 5.32. The highest BCUT2D eigenvalue weighted by atomic mass is 35.5. The van der Waals surface area contributed by atoms with Crippen molar-refractivity contribution in [2.24, 2.45) is 0 Å². The van der Waals surface area contributed by atoms with Gasteiger partial charge >= 0.3 is 5.97 Å². The zero-order chi connectivity index (χ0) is 13.3. The summed E-state index contributed by atoms with van der Waals surface area (Å²) in [6, 6.07) is 9.96. The molecule has 0 aliphatic heterocycles. The lowest BCUT2D eigenvalue weighted by molar-refractivity contribution is 0.0697. The van der Waals surface area contributed by atoms with E-state index in [0.717, 1.165) is 11.1 Å². The number of halogens is 1. The molecule has 0 saturated carbocycles. The molecule has 0 aromatic heterocycles. The van der Waals surface area contributed by atoms with Crippen molar-refractivity contribution in [3.05, 3.63) is 52.5 Å². The predicted molar refractivity (Wildman–Crippen MR) is 70.2 cm³/mol. The van der Waals surface area contributed by atoms with Crippen LogP contribution in [0.1, 0.15) is 15.9 Å². The van der Waals surface area contributed by atoms with Gasteiger partial charge in [0.05, 0.1) is 10.6 Å². The SMILES string of the molecule is Cc1ccc(-c2ccc(Cl)c(C(=O)O)c2)cc1O. The highest BCUT2D eigenvalue weighted by molar-refractivity contribution is 6.33. The Labute approximate surface area is 109 Å². The molecule has 2 rings (SSSR count). The molecule has 4 heteroatoms. The third-order valence-corrected chi connectivity index (χ3v) is 3.07. The van der Waals surface area contributed by atoms with Gasteiger partial charge in [0.2, 0.25) is 0 Å². The van der Waals surface area contributed by atoms with Crippen molar-refractivity contribution in [1.29, 1.82) is 0 Å². The highest BCUT2D eigenvalue weighted by Crippen LogP contribution is 2.29. The largest absolute Gasteiger partial charge is 0.508 e. The molecule has 0 spiro atoms. The summed E-state index contributed by atoms with van der Waals surface area (Å²) in [5, 5.41) is 18.9. The molecule has 2 aromatic carbocycles. The monoisotopic (exact) mass is 262 g/mol. The lowest BCUT2D eigenvalue weighted by Crippen LogP contribution is -1.97. The van der Waals surface area contributed by atoms with E-state index in [-0.39, 0.29) is 16.3 Å². The molecule has 0 amide bonds. The van der Waals surface area contributed by atoms with Crippen molar-refractivity contribution in [1.82, 2.24) is 0 Å². The summed E-state index contributed by atoms with van der Waals surface area (Å²) in [6.45, 7) is 1.80. The van der Waals surface area contributed by atoms with E-state index in [1.165, 1.54) is 12.1 Å². The van der Waals surface area contributed by atoms with E-state index in [1.807, 2.05) is 6.07 Å². The second kappa shape index (κ2) is 4.70. The van der Waals surface area contributed by atoms with Gasteiger partial charge in [-0.3, -0.25) is 0 Å². The van der Waals surface area contributed by atoms with Gasteiger partial charge in [0, 0.05) is 0 Å². The van der Waals surface area contributed by atoms with Crippen LogP contribution >= 0.6 is 11.6 Å². The van der Waals surface area contributed by atoms with Crippen molar-refractivity contribution in [2.45, 2.75) is 6.92 Å². The fraction of sp³-hybridized carbons (Fsp3) is 0.0714. The Morgan fingerprint density at radius 2 is 1.72 bits per heavy atom. The van der Waals surface area contributed by atoms with Crippen LogP contribution in [0.25, 0.3) is 11.1 Å². The average Bonchev–Trinajstić information content (AvgIpc) is 2.33. The summed E-state index contributed by atoms with van der Waals surface area (Å²) in [4.78, 5) is 11.0. The lowest BCUT2D eigenvalue weighted by atomic mass is 10.0. The van der Waals surface area contributed by atoms with Gasteiger partial charge in [0.25, 0.3) is 0 Å². The van der Waals surface area contributed by atoms with E-state index >= 15 is 0 Å². The van der Waals surface area contributed by atoms with Crippen LogP contribution in [-0.2, 0) is 0 Å². The van der Waals surface area contributed by atoms with Gasteiger partial charge < -0.3 is 10.2 Å². The van der Waals surface area contributed by atoms with Crippen molar-refractivity contribution in [3.63, 3.8) is 0 Å². The fourth-order valence-electron chi connectivity index (χ4n) is 1.66. The maximum atomic E-state index is 11.0. The van der Waals surface area contributed by atoms with E-state index in [0.29, 0.717) is 5.56 Å². The molecule has 0 heterocycles. The Morgan fingerprint density at radius 1 is 1.11 bits per heavy atom. The third-order valence-electron chi connectivity index (χ3n) is 2.74. The molecule has 0 unspecified atom stereocenters. The molecule has 0 aliphatic rings. The first-order chi connectivity index (χ1) is 8.49. The Bertz CT molecular complexity index is 620. The van der Waals surface area contributed by atoms with E-state index in [2.05, 4.69) is 0 Å². The van der Waals surface area contributed by atoms with E-state index < -0.39 is 5.97 Å². The van der Waals surface area contributed by atoms with Crippen molar-refractivity contribution in [3.8, 4) is 16.9 Å². The lowest BCUT2D eigenvalue weighted by Gasteiger charge is -2.06. The van der Waals surface area contributed by atoms with Gasteiger partial charge in [0.1, 0.15) is 5.75 Å². The molecule has 0 fully saturated rings. The summed E-state index contributed by atoms with van der Waals surface area (Å²) in [5.41, 5.74) is 2.27. The average molecular weight is 263 g/mol. The topological polar surface area (TPSA) is 57.5 Å². The summed E-state index contributed by atoms with van der Waals surface area (Å²) >= 11 is 5.80. The van der Waals surface area contributed by atoms with Crippen molar-refractivity contribution >= 4 is 17.6 Å². The Morgan fingerprint density at radius 3 is 2.33 bits per heavy atom. The van der Waals surface area contributed by atoms with Crippen molar-refractivity contribution in [2.75, 3.05) is 0 Å². The number of carboxylic acid groups (broad SMARTS) is 1. The third kappa shape index (κ3) is 2.31. The van der Waals surface area contributed by atoms with Crippen LogP contribution in [0.15, 0.2) is 36.4 Å². The second-order valence-corrected chi connectivity index (χ2v) is 4.41. The zero-order valence-electron chi connectivity index (χ0n) is 9.64. The molecule has 2 aromatic rings. The van der Waals surface area contributed by atoms with Gasteiger partial charge in [-0.25, -0.2) is 4.79 Å². The number of carbonyl (C=O) groups is 1. The molecule has 18 heavy (non-hydrogen) atoms. The Kier molecular flexibility index (Phi) is 3.26. The maximum Gasteiger partial charge on any atom is 0.337 e. The quantitative estimate of drug-likeness (QED) is 0.867. The standard InChI is InChI=1S/C14H11ClO3/c1-8-2-3-10(7-13(8)16)9-4-5-12(15)11(6-9)14(17)18/h2-7,16H,1H3,(H,17,18). The number of phenols is 1. The number of aromatic carboxylic acids is 1. The number of aromatic hydroxyl groups is 1. The summed E-state index contributed by atoms with van der Waals surface area (Å²) in [6.07, 6.45) is 0. The second-order valence-electron chi connectivity index (χ2n) is 4.00. The first kappa shape index (κ1) is 12.5. The summed E-state index contributed by atoms with van der Waals surface area (Å²) < 4.78 is 0. The van der Waals surface area contributed by atoms with Gasteiger partial charge in [-0.15, -0.1) is 0 Å². The number of benzene rings is 2. The van der Waals surface area contributed by atoms with E-state index in [1.54, 1.807) is 25.1 Å². The van der Waals surface area contributed by atoms with Gasteiger partial charge in [-0.2, -0.15) is 0 Å². The maximum absolute atomic E-state index is 11.0. The number of hydrogen-bond acceptors (Lipinski definition) is 2. The molecule has 0 aliphatic carbocycles. The van der Waals surface area contributed by atoms with Crippen LogP contribution < -0.4 is 0 Å². The molecule has 92 valence electrons. The fourth-order valence-corrected chi connectivity index (χ4v) is 1.86. The Balaban J connectivity index is 2.54. The first-order valence-corrected chi connectivity index (χ1v) is 5.69. The molecular formula is C14H11ClO3. The number of hydrogen-bond donors (Lipinski definition) is 2. The van der Waals surface area contributed by atoms with Crippen LogP contribution in [0, 0.1) is 6.92 Å². The molecule has 0 atom stereocenters. The van der Waals surface area contributed by atoms with Crippen LogP contribution in [0.5, 0.6) is 5.75 Å². The van der Waals surface area contributed by atoms with Gasteiger partial charge in [-0.1, -0.05) is 29.8 Å². The van der Waals surface area contributed by atoms with Crippen LogP contribution in [-0.4, -0.2) is 16.2 Å². The van der Waals surface area contributed by atoms with Crippen LogP contribution in [0.3, 0.4) is 0 Å². The minimum atomic E-state index is -1.07. The minimum absolute atomic E-state index is 0.0502. The van der Waals surface area contributed by atoms with Gasteiger partial charge in [0.15, 0.2) is 0 Å². The predicted octanol–water partition coefficient (Wildman–Crippen LogP) is 3.72. The van der Waals surface area contributed by atoms with Crippen molar-refractivity contribution < 1.29 is 15.0 Å².